The molecular formula is C14H14FN3O3. The van der Waals surface area contributed by atoms with Crippen molar-refractivity contribution in [3.05, 3.63) is 58.2 Å². The molecule has 0 aliphatic heterocycles. The van der Waals surface area contributed by atoms with Gasteiger partial charge in [0.25, 0.3) is 0 Å². The zero-order valence-corrected chi connectivity index (χ0v) is 11.3. The van der Waals surface area contributed by atoms with Crippen LogP contribution in [0.5, 0.6) is 11.5 Å². The predicted molar refractivity (Wildman–Crippen MR) is 74.6 cm³/mol. The minimum absolute atomic E-state index is 0.172. The zero-order chi connectivity index (χ0) is 15.4. The fourth-order valence-electron chi connectivity index (χ4n) is 1.73. The van der Waals surface area contributed by atoms with Gasteiger partial charge in [-0.1, -0.05) is 6.92 Å². The highest BCUT2D eigenvalue weighted by molar-refractivity contribution is 5.48. The van der Waals surface area contributed by atoms with E-state index >= 15 is 0 Å². The fraction of sp³-hybridized carbons (Fsp3) is 0.214. The van der Waals surface area contributed by atoms with Crippen molar-refractivity contribution in [2.45, 2.75) is 19.4 Å². The summed E-state index contributed by atoms with van der Waals surface area (Å²) in [5, 5.41) is 10.9. The molecule has 1 aromatic heterocycles. The third kappa shape index (κ3) is 3.51. The molecule has 0 radical (unpaired) electrons. The van der Waals surface area contributed by atoms with Crippen LogP contribution < -0.4 is 10.5 Å². The van der Waals surface area contributed by atoms with Crippen molar-refractivity contribution < 1.29 is 14.1 Å². The Balaban J connectivity index is 2.26. The van der Waals surface area contributed by atoms with Crippen LogP contribution in [-0.4, -0.2) is 9.91 Å². The Kier molecular flexibility index (Phi) is 4.44. The first-order valence-electron chi connectivity index (χ1n) is 6.34. The first-order valence-corrected chi connectivity index (χ1v) is 6.34. The summed E-state index contributed by atoms with van der Waals surface area (Å²) in [5.74, 6) is -0.515. The molecule has 0 spiro atoms. The lowest BCUT2D eigenvalue weighted by Crippen LogP contribution is -2.10. The van der Waals surface area contributed by atoms with Gasteiger partial charge in [0.2, 0.25) is 5.75 Å². The molecular weight excluding hydrogens is 277 g/mol. The summed E-state index contributed by atoms with van der Waals surface area (Å²) in [7, 11) is 0. The van der Waals surface area contributed by atoms with E-state index in [-0.39, 0.29) is 23.2 Å². The summed E-state index contributed by atoms with van der Waals surface area (Å²) in [4.78, 5) is 14.4. The van der Waals surface area contributed by atoms with E-state index in [0.717, 1.165) is 24.6 Å². The van der Waals surface area contributed by atoms with Crippen molar-refractivity contribution in [2.75, 3.05) is 0 Å². The molecule has 0 unspecified atom stereocenters. The SMILES string of the molecule is CC[C@@H](N)c1ccc(Oc2cc(F)ccc2[N+](=O)[O-])cn1. The molecule has 0 bridgehead atoms. The lowest BCUT2D eigenvalue weighted by Gasteiger charge is -2.10. The third-order valence-corrected chi connectivity index (χ3v) is 2.93. The number of hydrogen-bond acceptors (Lipinski definition) is 5. The van der Waals surface area contributed by atoms with Crippen molar-refractivity contribution in [3.8, 4) is 11.5 Å². The summed E-state index contributed by atoms with van der Waals surface area (Å²) in [6.07, 6.45) is 2.14. The topological polar surface area (TPSA) is 91.3 Å². The van der Waals surface area contributed by atoms with E-state index in [2.05, 4.69) is 4.98 Å². The van der Waals surface area contributed by atoms with E-state index < -0.39 is 10.7 Å². The smallest absolute Gasteiger partial charge is 0.311 e. The first kappa shape index (κ1) is 14.9. The number of aromatic nitrogens is 1. The van der Waals surface area contributed by atoms with Crippen LogP contribution in [0.15, 0.2) is 36.5 Å². The lowest BCUT2D eigenvalue weighted by molar-refractivity contribution is -0.385. The van der Waals surface area contributed by atoms with Gasteiger partial charge in [-0.2, -0.15) is 0 Å². The van der Waals surface area contributed by atoms with Crippen LogP contribution in [0, 0.1) is 15.9 Å². The second kappa shape index (κ2) is 6.27. The predicted octanol–water partition coefficient (Wildman–Crippen LogP) is 3.33. The monoisotopic (exact) mass is 291 g/mol. The van der Waals surface area contributed by atoms with Gasteiger partial charge in [-0.3, -0.25) is 15.1 Å². The zero-order valence-electron chi connectivity index (χ0n) is 11.3. The van der Waals surface area contributed by atoms with Gasteiger partial charge in [0.05, 0.1) is 16.8 Å². The minimum atomic E-state index is -0.635. The molecule has 6 nitrogen and oxygen atoms in total. The first-order chi connectivity index (χ1) is 10.0. The number of hydrogen-bond donors (Lipinski definition) is 1. The highest BCUT2D eigenvalue weighted by atomic mass is 19.1. The Morgan fingerprint density at radius 2 is 2.19 bits per heavy atom. The number of ether oxygens (including phenoxy) is 1. The molecule has 0 saturated carbocycles. The van der Waals surface area contributed by atoms with Crippen LogP contribution in [0.4, 0.5) is 10.1 Å². The Labute approximate surface area is 120 Å². The standard InChI is InChI=1S/C14H14FN3O3/c1-2-11(16)12-5-4-10(8-17-12)21-14-7-9(15)3-6-13(14)18(19)20/h3-8,11H,2,16H2,1H3/t11-/m1/s1. The number of nitrogens with zero attached hydrogens (tertiary/aromatic N) is 2. The molecule has 21 heavy (non-hydrogen) atoms. The van der Waals surface area contributed by atoms with Crippen LogP contribution >= 0.6 is 0 Å². The molecule has 2 aromatic rings. The van der Waals surface area contributed by atoms with Crippen molar-refractivity contribution in [1.82, 2.24) is 4.98 Å². The Morgan fingerprint density at radius 1 is 1.43 bits per heavy atom. The van der Waals surface area contributed by atoms with Gasteiger partial charge in [0.1, 0.15) is 11.6 Å². The third-order valence-electron chi connectivity index (χ3n) is 2.93. The number of pyridine rings is 1. The summed E-state index contributed by atoms with van der Waals surface area (Å²) in [6, 6.07) is 6.11. The molecule has 0 fully saturated rings. The second-order valence-corrected chi connectivity index (χ2v) is 4.40. The number of benzene rings is 1. The van der Waals surface area contributed by atoms with Gasteiger partial charge < -0.3 is 10.5 Å². The number of rotatable bonds is 5. The molecule has 7 heteroatoms. The molecule has 1 heterocycles. The number of nitrogens with two attached hydrogens (primary N) is 1. The van der Waals surface area contributed by atoms with Crippen molar-refractivity contribution in [3.63, 3.8) is 0 Å². The van der Waals surface area contributed by atoms with Gasteiger partial charge in [-0.15, -0.1) is 0 Å². The maximum absolute atomic E-state index is 13.2. The Bertz CT molecular complexity index is 646. The van der Waals surface area contributed by atoms with E-state index in [1.54, 1.807) is 12.1 Å². The fourth-order valence-corrected chi connectivity index (χ4v) is 1.73. The molecule has 1 aromatic carbocycles. The van der Waals surface area contributed by atoms with Gasteiger partial charge in [0.15, 0.2) is 0 Å². The summed E-state index contributed by atoms with van der Waals surface area (Å²) < 4.78 is 18.5. The molecule has 1 atom stereocenters. The van der Waals surface area contributed by atoms with Crippen molar-refractivity contribution in [2.24, 2.45) is 5.73 Å². The van der Waals surface area contributed by atoms with E-state index in [0.29, 0.717) is 5.69 Å². The average Bonchev–Trinajstić information content (AvgIpc) is 2.47. The number of nitro groups is 1. The van der Waals surface area contributed by atoms with Crippen LogP contribution in [0.25, 0.3) is 0 Å². The van der Waals surface area contributed by atoms with E-state index in [4.69, 9.17) is 10.5 Å². The quantitative estimate of drug-likeness (QED) is 0.674. The summed E-state index contributed by atoms with van der Waals surface area (Å²) in [5.41, 5.74) is 6.22. The Hall–Kier alpha value is -2.54. The average molecular weight is 291 g/mol. The van der Waals surface area contributed by atoms with Crippen molar-refractivity contribution in [1.29, 1.82) is 0 Å². The maximum atomic E-state index is 13.2. The van der Waals surface area contributed by atoms with E-state index in [9.17, 15) is 14.5 Å². The van der Waals surface area contributed by atoms with Crippen LogP contribution in [0.1, 0.15) is 25.1 Å². The van der Waals surface area contributed by atoms with E-state index in [1.165, 1.54) is 6.20 Å². The molecule has 0 aliphatic carbocycles. The largest absolute Gasteiger partial charge is 0.448 e. The normalized spacial score (nSPS) is 12.0. The molecule has 0 aliphatic rings. The number of nitro benzene ring substituents is 1. The second-order valence-electron chi connectivity index (χ2n) is 4.40. The van der Waals surface area contributed by atoms with Crippen LogP contribution in [-0.2, 0) is 0 Å². The summed E-state index contributed by atoms with van der Waals surface area (Å²) in [6.45, 7) is 1.94. The van der Waals surface area contributed by atoms with Crippen LogP contribution in [0.3, 0.4) is 0 Å². The highest BCUT2D eigenvalue weighted by Gasteiger charge is 2.17. The lowest BCUT2D eigenvalue weighted by atomic mass is 10.1. The molecule has 2 rings (SSSR count). The van der Waals surface area contributed by atoms with Gasteiger partial charge >= 0.3 is 5.69 Å². The van der Waals surface area contributed by atoms with Crippen LogP contribution in [0.2, 0.25) is 0 Å². The molecule has 110 valence electrons. The van der Waals surface area contributed by atoms with Gasteiger partial charge in [0, 0.05) is 18.2 Å². The van der Waals surface area contributed by atoms with Gasteiger partial charge in [-0.05, 0) is 24.6 Å². The minimum Gasteiger partial charge on any atom is -0.448 e. The van der Waals surface area contributed by atoms with Crippen molar-refractivity contribution >= 4 is 5.69 Å². The summed E-state index contributed by atoms with van der Waals surface area (Å²) >= 11 is 0. The maximum Gasteiger partial charge on any atom is 0.311 e. The van der Waals surface area contributed by atoms with Gasteiger partial charge in [-0.25, -0.2) is 4.39 Å². The molecule has 0 saturated heterocycles. The molecule has 0 amide bonds. The van der Waals surface area contributed by atoms with E-state index in [1.807, 2.05) is 6.92 Å². The molecule has 2 N–H and O–H groups in total. The highest BCUT2D eigenvalue weighted by Crippen LogP contribution is 2.31. The Morgan fingerprint density at radius 3 is 2.76 bits per heavy atom. The number of halogens is 1.